The van der Waals surface area contributed by atoms with Gasteiger partial charge in [0.2, 0.25) is 5.91 Å². The summed E-state index contributed by atoms with van der Waals surface area (Å²) in [5.74, 6) is 1.13. The molecule has 6 heteroatoms. The second-order valence-electron chi connectivity index (χ2n) is 4.62. The first-order valence-corrected chi connectivity index (χ1v) is 6.33. The Morgan fingerprint density at radius 2 is 1.95 bits per heavy atom. The van der Waals surface area contributed by atoms with Crippen LogP contribution < -0.4 is 20.3 Å². The number of benzene rings is 1. The van der Waals surface area contributed by atoms with E-state index in [-0.39, 0.29) is 18.0 Å². The van der Waals surface area contributed by atoms with Gasteiger partial charge in [-0.3, -0.25) is 9.59 Å². The van der Waals surface area contributed by atoms with Crippen LogP contribution in [0.4, 0.5) is 0 Å². The molecule has 2 aromatic rings. The third kappa shape index (κ3) is 2.32. The van der Waals surface area contributed by atoms with Gasteiger partial charge in [-0.05, 0) is 12.1 Å². The van der Waals surface area contributed by atoms with Gasteiger partial charge in [-0.15, -0.1) is 0 Å². The summed E-state index contributed by atoms with van der Waals surface area (Å²) in [6.45, 7) is 2.63. The van der Waals surface area contributed by atoms with Gasteiger partial charge in [0.1, 0.15) is 13.2 Å². The van der Waals surface area contributed by atoms with Crippen LogP contribution in [-0.2, 0) is 11.3 Å². The van der Waals surface area contributed by atoms with E-state index in [0.717, 1.165) is 5.39 Å². The molecule has 0 atom stereocenters. The minimum atomic E-state index is -0.220. The Morgan fingerprint density at radius 3 is 2.65 bits per heavy atom. The fraction of sp³-hybridized carbons (Fsp3) is 0.286. The Bertz CT molecular complexity index is 736. The molecule has 0 spiro atoms. The number of hydrogen-bond donors (Lipinski definition) is 2. The van der Waals surface area contributed by atoms with E-state index < -0.39 is 0 Å². The van der Waals surface area contributed by atoms with E-state index in [4.69, 9.17) is 9.47 Å². The maximum Gasteiger partial charge on any atom is 0.253 e. The van der Waals surface area contributed by atoms with Crippen LogP contribution in [0.25, 0.3) is 10.9 Å². The molecule has 6 nitrogen and oxygen atoms in total. The van der Waals surface area contributed by atoms with Crippen LogP contribution in [0.2, 0.25) is 0 Å². The van der Waals surface area contributed by atoms with Crippen molar-refractivity contribution in [2.45, 2.75) is 13.5 Å². The van der Waals surface area contributed by atoms with E-state index >= 15 is 0 Å². The van der Waals surface area contributed by atoms with Gasteiger partial charge in [0.05, 0.1) is 5.52 Å². The average molecular weight is 274 g/mol. The highest BCUT2D eigenvalue weighted by atomic mass is 16.6. The van der Waals surface area contributed by atoms with Crippen molar-refractivity contribution in [1.82, 2.24) is 10.3 Å². The Hall–Kier alpha value is -2.50. The zero-order valence-corrected chi connectivity index (χ0v) is 11.0. The number of amides is 1. The van der Waals surface area contributed by atoms with E-state index in [1.807, 2.05) is 6.07 Å². The largest absolute Gasteiger partial charge is 0.486 e. The molecule has 0 bridgehead atoms. The van der Waals surface area contributed by atoms with E-state index in [1.165, 1.54) is 6.92 Å². The number of fused-ring (bicyclic) bond motifs is 2. The molecular formula is C14H14N2O4. The third-order valence-electron chi connectivity index (χ3n) is 3.11. The maximum absolute atomic E-state index is 11.9. The van der Waals surface area contributed by atoms with Crippen molar-refractivity contribution in [3.63, 3.8) is 0 Å². The molecular weight excluding hydrogens is 260 g/mol. The van der Waals surface area contributed by atoms with Crippen molar-refractivity contribution in [1.29, 1.82) is 0 Å². The van der Waals surface area contributed by atoms with Crippen molar-refractivity contribution in [2.75, 3.05) is 13.2 Å². The normalized spacial score (nSPS) is 13.2. The van der Waals surface area contributed by atoms with Crippen molar-refractivity contribution >= 4 is 16.8 Å². The molecule has 0 radical (unpaired) electrons. The highest BCUT2D eigenvalue weighted by Gasteiger charge is 2.14. The number of H-pyrrole nitrogens is 1. The Labute approximate surface area is 114 Å². The summed E-state index contributed by atoms with van der Waals surface area (Å²) >= 11 is 0. The minimum absolute atomic E-state index is 0.174. The van der Waals surface area contributed by atoms with Gasteiger partial charge in [0, 0.05) is 30.5 Å². The fourth-order valence-electron chi connectivity index (χ4n) is 2.14. The van der Waals surface area contributed by atoms with Crippen molar-refractivity contribution in [3.8, 4) is 11.5 Å². The van der Waals surface area contributed by atoms with Gasteiger partial charge in [0.15, 0.2) is 11.5 Å². The Kier molecular flexibility index (Phi) is 3.06. The quantitative estimate of drug-likeness (QED) is 0.854. The zero-order valence-electron chi connectivity index (χ0n) is 11.0. The second kappa shape index (κ2) is 4.88. The van der Waals surface area contributed by atoms with Gasteiger partial charge in [-0.1, -0.05) is 0 Å². The van der Waals surface area contributed by atoms with Crippen LogP contribution in [0.15, 0.2) is 23.0 Å². The number of pyridine rings is 1. The lowest BCUT2D eigenvalue weighted by Gasteiger charge is -2.18. The molecule has 0 saturated carbocycles. The summed E-state index contributed by atoms with van der Waals surface area (Å²) in [4.78, 5) is 25.6. The third-order valence-corrected chi connectivity index (χ3v) is 3.11. The highest BCUT2D eigenvalue weighted by Crippen LogP contribution is 2.33. The molecule has 104 valence electrons. The summed E-state index contributed by atoms with van der Waals surface area (Å²) in [6, 6.07) is 5.34. The summed E-state index contributed by atoms with van der Waals surface area (Å²) in [5, 5.41) is 3.46. The lowest BCUT2D eigenvalue weighted by molar-refractivity contribution is -0.119. The number of nitrogens with one attached hydrogen (secondary N) is 2. The van der Waals surface area contributed by atoms with Gasteiger partial charge < -0.3 is 19.8 Å². The molecule has 2 N–H and O–H groups in total. The smallest absolute Gasteiger partial charge is 0.253 e. The lowest BCUT2D eigenvalue weighted by atomic mass is 10.1. The van der Waals surface area contributed by atoms with Crippen LogP contribution in [0.5, 0.6) is 11.5 Å². The van der Waals surface area contributed by atoms with E-state index in [2.05, 4.69) is 10.3 Å². The Morgan fingerprint density at radius 1 is 1.25 bits per heavy atom. The summed E-state index contributed by atoms with van der Waals surface area (Å²) in [6.07, 6.45) is 0. The number of aromatic nitrogens is 1. The second-order valence-corrected chi connectivity index (χ2v) is 4.62. The first kappa shape index (κ1) is 12.5. The first-order valence-electron chi connectivity index (χ1n) is 6.33. The summed E-state index contributed by atoms with van der Waals surface area (Å²) < 4.78 is 11.0. The van der Waals surface area contributed by atoms with E-state index in [9.17, 15) is 9.59 Å². The molecule has 1 aliphatic rings. The Balaban J connectivity index is 2.05. The molecule has 0 unspecified atom stereocenters. The van der Waals surface area contributed by atoms with Crippen LogP contribution >= 0.6 is 0 Å². The molecule has 0 aliphatic carbocycles. The van der Waals surface area contributed by atoms with Crippen LogP contribution in [0.1, 0.15) is 12.5 Å². The van der Waals surface area contributed by atoms with Gasteiger partial charge in [-0.25, -0.2) is 0 Å². The predicted molar refractivity (Wildman–Crippen MR) is 73.1 cm³/mol. The number of carbonyl (C=O) groups is 1. The molecule has 0 saturated heterocycles. The molecule has 1 aliphatic heterocycles. The fourth-order valence-corrected chi connectivity index (χ4v) is 2.14. The molecule has 3 rings (SSSR count). The van der Waals surface area contributed by atoms with Crippen molar-refractivity contribution < 1.29 is 14.3 Å². The van der Waals surface area contributed by atoms with Crippen LogP contribution in [-0.4, -0.2) is 24.1 Å². The monoisotopic (exact) mass is 274 g/mol. The van der Waals surface area contributed by atoms with Crippen LogP contribution in [0, 0.1) is 0 Å². The zero-order chi connectivity index (χ0) is 14.1. The maximum atomic E-state index is 11.9. The SMILES string of the molecule is CC(=O)NCc1cc2cc3c(cc2[nH]c1=O)OCCO3. The highest BCUT2D eigenvalue weighted by molar-refractivity contribution is 5.83. The van der Waals surface area contributed by atoms with E-state index in [1.54, 1.807) is 12.1 Å². The summed E-state index contributed by atoms with van der Waals surface area (Å²) in [7, 11) is 0. The first-order chi connectivity index (χ1) is 9.63. The average Bonchev–Trinajstić information content (AvgIpc) is 2.43. The number of ether oxygens (including phenoxy) is 2. The van der Waals surface area contributed by atoms with Crippen molar-refractivity contribution in [3.05, 3.63) is 34.1 Å². The number of aromatic amines is 1. The molecule has 0 fully saturated rings. The van der Waals surface area contributed by atoms with Crippen LogP contribution in [0.3, 0.4) is 0 Å². The van der Waals surface area contributed by atoms with Gasteiger partial charge in [-0.2, -0.15) is 0 Å². The van der Waals surface area contributed by atoms with Gasteiger partial charge in [0.25, 0.3) is 5.56 Å². The number of rotatable bonds is 2. The predicted octanol–water partition coefficient (Wildman–Crippen LogP) is 0.935. The van der Waals surface area contributed by atoms with Gasteiger partial charge >= 0.3 is 0 Å². The lowest BCUT2D eigenvalue weighted by Crippen LogP contribution is -2.24. The molecule has 1 aromatic heterocycles. The van der Waals surface area contributed by atoms with Crippen molar-refractivity contribution in [2.24, 2.45) is 0 Å². The standard InChI is InChI=1S/C14H14N2O4/c1-8(17)15-7-10-4-9-5-12-13(20-3-2-19-12)6-11(9)16-14(10)18/h4-6H,2-3,7H2,1H3,(H,15,17)(H,16,18). The summed E-state index contributed by atoms with van der Waals surface area (Å²) in [5.41, 5.74) is 0.970. The minimum Gasteiger partial charge on any atom is -0.486 e. The molecule has 1 aromatic carbocycles. The molecule has 20 heavy (non-hydrogen) atoms. The number of carbonyl (C=O) groups excluding carboxylic acids is 1. The van der Waals surface area contributed by atoms with E-state index in [0.29, 0.717) is 35.8 Å². The molecule has 1 amide bonds. The molecule has 2 heterocycles. The number of hydrogen-bond acceptors (Lipinski definition) is 4. The topological polar surface area (TPSA) is 80.4 Å².